The van der Waals surface area contributed by atoms with Crippen LogP contribution >= 0.6 is 0 Å². The molecule has 0 radical (unpaired) electrons. The second-order valence-corrected chi connectivity index (χ2v) is 7.59. The molecule has 2 heteroatoms. The van der Waals surface area contributed by atoms with Gasteiger partial charge in [-0.1, -0.05) is 42.5 Å². The number of aryl methyl sites for hydroxylation is 1. The molecule has 0 bridgehead atoms. The zero-order valence-electron chi connectivity index (χ0n) is 16.8. The number of likely N-dealkylation sites (N-methyl/N-ethyl adjacent to an activating group) is 1. The first kappa shape index (κ1) is 19.5. The Morgan fingerprint density at radius 2 is 1.72 bits per heavy atom. The summed E-state index contributed by atoms with van der Waals surface area (Å²) in [4.78, 5) is 0. The van der Waals surface area contributed by atoms with E-state index >= 15 is 0 Å². The smallest absolute Gasteiger partial charge is 0.119 e. The van der Waals surface area contributed by atoms with Crippen molar-refractivity contribution in [2.75, 3.05) is 19.6 Å². The zero-order valence-corrected chi connectivity index (χ0v) is 16.8. The highest BCUT2D eigenvalue weighted by atomic mass is 15.4. The van der Waals surface area contributed by atoms with Crippen molar-refractivity contribution in [3.8, 4) is 0 Å². The van der Waals surface area contributed by atoms with Gasteiger partial charge in [0, 0.05) is 11.3 Å². The van der Waals surface area contributed by atoms with E-state index in [2.05, 4.69) is 76.9 Å². The minimum absolute atomic E-state index is 0.963. The van der Waals surface area contributed by atoms with Crippen molar-refractivity contribution in [2.24, 2.45) is 0 Å². The first-order chi connectivity index (χ1) is 11.9. The van der Waals surface area contributed by atoms with Crippen molar-refractivity contribution < 1.29 is 4.48 Å². The Morgan fingerprint density at radius 3 is 2.28 bits per heavy atom. The maximum Gasteiger partial charge on any atom is 0.119 e. The van der Waals surface area contributed by atoms with Crippen molar-refractivity contribution in [3.05, 3.63) is 70.6 Å². The minimum atomic E-state index is 0.963. The molecule has 1 aliphatic rings. The number of quaternary nitrogens is 1. The van der Waals surface area contributed by atoms with Crippen LogP contribution in [-0.2, 0) is 6.54 Å². The number of nitrogens with zero attached hydrogens (tertiary/aromatic N) is 1. The molecular formula is C23H35N2+. The molecule has 0 amide bonds. The number of hydrogen-bond acceptors (Lipinski definition) is 1. The molecule has 0 spiro atoms. The van der Waals surface area contributed by atoms with Crippen LogP contribution in [0.5, 0.6) is 0 Å². The van der Waals surface area contributed by atoms with E-state index in [9.17, 15) is 0 Å². The molecule has 1 aliphatic carbocycles. The summed E-state index contributed by atoms with van der Waals surface area (Å²) in [6.07, 6.45) is 4.64. The van der Waals surface area contributed by atoms with Crippen LogP contribution in [0.15, 0.2) is 59.5 Å². The van der Waals surface area contributed by atoms with Gasteiger partial charge in [0.15, 0.2) is 0 Å². The SMILES string of the molecule is C=C(C[N+](CC)(CC)Cc1ccc(C)cc1)NC1=C(C)CCC=C1C. The second kappa shape index (κ2) is 8.53. The van der Waals surface area contributed by atoms with Gasteiger partial charge in [0.05, 0.1) is 18.8 Å². The fraction of sp³-hybridized carbons (Fsp3) is 0.478. The van der Waals surface area contributed by atoms with Gasteiger partial charge in [-0.05, 0) is 58.6 Å². The molecule has 0 saturated heterocycles. The van der Waals surface area contributed by atoms with Crippen molar-refractivity contribution >= 4 is 0 Å². The van der Waals surface area contributed by atoms with Crippen LogP contribution in [0.4, 0.5) is 0 Å². The summed E-state index contributed by atoms with van der Waals surface area (Å²) < 4.78 is 1.03. The Kier molecular flexibility index (Phi) is 6.66. The summed E-state index contributed by atoms with van der Waals surface area (Å²) in [7, 11) is 0. The number of nitrogens with one attached hydrogen (secondary N) is 1. The first-order valence-electron chi connectivity index (χ1n) is 9.61. The zero-order chi connectivity index (χ0) is 18.4. The number of allylic oxidation sites excluding steroid dienone is 3. The predicted octanol–water partition coefficient (Wildman–Crippen LogP) is 5.47. The fourth-order valence-electron chi connectivity index (χ4n) is 3.70. The average Bonchev–Trinajstić information content (AvgIpc) is 2.59. The number of hydrogen-bond donors (Lipinski definition) is 1. The largest absolute Gasteiger partial charge is 0.355 e. The third-order valence-electron chi connectivity index (χ3n) is 5.60. The van der Waals surface area contributed by atoms with Crippen LogP contribution < -0.4 is 5.32 Å². The first-order valence-corrected chi connectivity index (χ1v) is 9.61. The Hall–Kier alpha value is -1.80. The molecule has 1 aromatic rings. The van der Waals surface area contributed by atoms with Gasteiger partial charge >= 0.3 is 0 Å². The van der Waals surface area contributed by atoms with Crippen LogP contribution in [0.25, 0.3) is 0 Å². The standard InChI is InChI=1S/C23H35N2/c1-7-25(8-2,17-22-14-12-18(3)13-15-22)16-21(6)24-23-19(4)10-9-11-20(23)5/h10,12-15,24H,6-9,11,16-17H2,1-5H3/q+1. The normalized spacial score (nSPS) is 15.2. The highest BCUT2D eigenvalue weighted by Crippen LogP contribution is 2.24. The minimum Gasteiger partial charge on any atom is -0.355 e. The number of benzene rings is 1. The summed E-state index contributed by atoms with van der Waals surface area (Å²) in [6.45, 7) is 19.8. The molecule has 136 valence electrons. The molecule has 1 N–H and O–H groups in total. The van der Waals surface area contributed by atoms with E-state index in [1.807, 2.05) is 0 Å². The second-order valence-electron chi connectivity index (χ2n) is 7.59. The Balaban J connectivity index is 2.10. The lowest BCUT2D eigenvalue weighted by molar-refractivity contribution is -0.933. The Morgan fingerprint density at radius 1 is 1.08 bits per heavy atom. The van der Waals surface area contributed by atoms with Gasteiger partial charge in [-0.2, -0.15) is 0 Å². The predicted molar refractivity (Wildman–Crippen MR) is 109 cm³/mol. The summed E-state index contributed by atoms with van der Waals surface area (Å²) in [5.74, 6) is 0. The van der Waals surface area contributed by atoms with E-state index in [0.717, 1.165) is 49.2 Å². The topological polar surface area (TPSA) is 12.0 Å². The van der Waals surface area contributed by atoms with Crippen molar-refractivity contribution in [3.63, 3.8) is 0 Å². The Bertz CT molecular complexity index is 658. The van der Waals surface area contributed by atoms with Gasteiger partial charge < -0.3 is 9.80 Å². The lowest BCUT2D eigenvalue weighted by Gasteiger charge is -2.38. The van der Waals surface area contributed by atoms with Crippen molar-refractivity contribution in [1.82, 2.24) is 5.32 Å². The van der Waals surface area contributed by atoms with Gasteiger partial charge in [0.25, 0.3) is 0 Å². The maximum absolute atomic E-state index is 4.37. The highest BCUT2D eigenvalue weighted by molar-refractivity contribution is 5.37. The van der Waals surface area contributed by atoms with Gasteiger partial charge in [-0.15, -0.1) is 0 Å². The lowest BCUT2D eigenvalue weighted by Crippen LogP contribution is -2.49. The Labute approximate surface area is 154 Å². The molecule has 2 rings (SSSR count). The third-order valence-corrected chi connectivity index (χ3v) is 5.60. The molecule has 0 aliphatic heterocycles. The summed E-state index contributed by atoms with van der Waals surface area (Å²) >= 11 is 0. The van der Waals surface area contributed by atoms with E-state index in [1.165, 1.54) is 28.0 Å². The van der Waals surface area contributed by atoms with Crippen molar-refractivity contribution in [2.45, 2.75) is 54.0 Å². The molecule has 1 aromatic carbocycles. The molecular weight excluding hydrogens is 304 g/mol. The van der Waals surface area contributed by atoms with Gasteiger partial charge in [-0.3, -0.25) is 0 Å². The van der Waals surface area contributed by atoms with E-state index in [1.54, 1.807) is 0 Å². The monoisotopic (exact) mass is 339 g/mol. The van der Waals surface area contributed by atoms with Gasteiger partial charge in [-0.25, -0.2) is 0 Å². The summed E-state index contributed by atoms with van der Waals surface area (Å²) in [6, 6.07) is 8.97. The molecule has 25 heavy (non-hydrogen) atoms. The van der Waals surface area contributed by atoms with Crippen LogP contribution in [-0.4, -0.2) is 24.1 Å². The highest BCUT2D eigenvalue weighted by Gasteiger charge is 2.25. The van der Waals surface area contributed by atoms with E-state index in [0.29, 0.717) is 0 Å². The van der Waals surface area contributed by atoms with Crippen LogP contribution in [0.2, 0.25) is 0 Å². The maximum atomic E-state index is 4.37. The lowest BCUT2D eigenvalue weighted by atomic mass is 9.97. The fourth-order valence-corrected chi connectivity index (χ4v) is 3.70. The molecule has 0 unspecified atom stereocenters. The molecule has 2 nitrogen and oxygen atoms in total. The van der Waals surface area contributed by atoms with Crippen LogP contribution in [0, 0.1) is 6.92 Å². The molecule has 0 atom stereocenters. The molecule has 0 aromatic heterocycles. The van der Waals surface area contributed by atoms with E-state index in [4.69, 9.17) is 0 Å². The number of rotatable bonds is 8. The van der Waals surface area contributed by atoms with Gasteiger partial charge in [0.2, 0.25) is 0 Å². The summed E-state index contributed by atoms with van der Waals surface area (Å²) in [5, 5.41) is 3.64. The average molecular weight is 340 g/mol. The molecule has 0 heterocycles. The van der Waals surface area contributed by atoms with Crippen LogP contribution in [0.3, 0.4) is 0 Å². The van der Waals surface area contributed by atoms with E-state index < -0.39 is 0 Å². The quantitative estimate of drug-likeness (QED) is 0.619. The van der Waals surface area contributed by atoms with Crippen molar-refractivity contribution in [1.29, 1.82) is 0 Å². The van der Waals surface area contributed by atoms with Gasteiger partial charge in [0.1, 0.15) is 13.1 Å². The molecule has 0 fully saturated rings. The third kappa shape index (κ3) is 5.09. The summed E-state index contributed by atoms with van der Waals surface area (Å²) in [5.41, 5.74) is 7.95. The van der Waals surface area contributed by atoms with Crippen LogP contribution in [0.1, 0.15) is 51.7 Å². The molecule has 0 saturated carbocycles. The van der Waals surface area contributed by atoms with E-state index in [-0.39, 0.29) is 0 Å².